The minimum Gasteiger partial charge on any atom is -0.316 e. The normalized spacial score (nSPS) is 35.4. The van der Waals surface area contributed by atoms with E-state index >= 15 is 0 Å². The molecule has 1 saturated heterocycles. The Labute approximate surface area is 89.5 Å². The molecule has 3 rings (SSSR count). The van der Waals surface area contributed by atoms with Crippen molar-refractivity contribution in [1.29, 1.82) is 0 Å². The molecule has 1 nitrogen and oxygen atoms in total. The molecule has 2 unspecified atom stereocenters. The van der Waals surface area contributed by atoms with Gasteiger partial charge in [0.1, 0.15) is 0 Å². The van der Waals surface area contributed by atoms with E-state index in [0.29, 0.717) is 5.41 Å². The van der Waals surface area contributed by atoms with E-state index < -0.39 is 0 Å². The molecule has 1 aliphatic carbocycles. The highest BCUT2D eigenvalue weighted by atomic mass is 32.1. The topological polar surface area (TPSA) is 12.0 Å². The zero-order valence-electron chi connectivity index (χ0n) is 8.89. The summed E-state index contributed by atoms with van der Waals surface area (Å²) < 4.78 is 0. The summed E-state index contributed by atoms with van der Waals surface area (Å²) in [5.74, 6) is 0.847. The zero-order valence-corrected chi connectivity index (χ0v) is 9.71. The van der Waals surface area contributed by atoms with Gasteiger partial charge in [-0.25, -0.2) is 0 Å². The summed E-state index contributed by atoms with van der Waals surface area (Å²) in [6.07, 6.45) is 2.66. The summed E-state index contributed by atoms with van der Waals surface area (Å²) in [4.78, 5) is 3.16. The van der Waals surface area contributed by atoms with E-state index in [2.05, 4.69) is 25.2 Å². The molecule has 0 amide bonds. The van der Waals surface area contributed by atoms with E-state index in [1.165, 1.54) is 30.8 Å². The van der Waals surface area contributed by atoms with Crippen LogP contribution < -0.4 is 5.32 Å². The first-order valence-corrected chi connectivity index (χ1v) is 6.34. The Bertz CT molecular complexity index is 360. The first kappa shape index (κ1) is 8.93. The van der Waals surface area contributed by atoms with Crippen LogP contribution in [-0.4, -0.2) is 13.1 Å². The second kappa shape index (κ2) is 2.83. The van der Waals surface area contributed by atoms with Crippen LogP contribution in [0.2, 0.25) is 0 Å². The first-order chi connectivity index (χ1) is 6.72. The average molecular weight is 207 g/mol. The zero-order chi connectivity index (χ0) is 9.76. The standard InChI is InChI=1S/C12H17NS/c1-8-5-11-10(6-9(2)14-11)12(8)3-4-13-7-12/h6,8,13H,3-5,7H2,1-2H3. The van der Waals surface area contributed by atoms with Gasteiger partial charge >= 0.3 is 0 Å². The van der Waals surface area contributed by atoms with Crippen LogP contribution in [0.25, 0.3) is 0 Å². The fraction of sp³-hybridized carbons (Fsp3) is 0.667. The molecule has 2 atom stereocenters. The first-order valence-electron chi connectivity index (χ1n) is 5.53. The van der Waals surface area contributed by atoms with Gasteiger partial charge in [-0.15, -0.1) is 11.3 Å². The molecule has 0 saturated carbocycles. The molecule has 0 bridgehead atoms. The molecule has 2 aliphatic rings. The number of fused-ring (bicyclic) bond motifs is 2. The number of thiophene rings is 1. The Kier molecular flexibility index (Phi) is 1.80. The monoisotopic (exact) mass is 207 g/mol. The third-order valence-electron chi connectivity index (χ3n) is 4.09. The van der Waals surface area contributed by atoms with Crippen LogP contribution in [0, 0.1) is 12.8 Å². The summed E-state index contributed by atoms with van der Waals surface area (Å²) >= 11 is 2.01. The van der Waals surface area contributed by atoms with Gasteiger partial charge in [-0.2, -0.15) is 0 Å². The fourth-order valence-corrected chi connectivity index (χ4v) is 4.51. The fourth-order valence-electron chi connectivity index (χ4n) is 3.24. The average Bonchev–Trinajstić information content (AvgIpc) is 2.76. The van der Waals surface area contributed by atoms with E-state index in [-0.39, 0.29) is 0 Å². The summed E-state index contributed by atoms with van der Waals surface area (Å²) in [7, 11) is 0. The van der Waals surface area contributed by atoms with Gasteiger partial charge in [0, 0.05) is 21.7 Å². The minimum atomic E-state index is 0.500. The van der Waals surface area contributed by atoms with Crippen LogP contribution in [0.1, 0.15) is 28.7 Å². The molecule has 14 heavy (non-hydrogen) atoms. The van der Waals surface area contributed by atoms with Crippen molar-refractivity contribution in [2.75, 3.05) is 13.1 Å². The molecule has 76 valence electrons. The van der Waals surface area contributed by atoms with Crippen molar-refractivity contribution in [3.05, 3.63) is 21.4 Å². The number of hydrogen-bond acceptors (Lipinski definition) is 2. The molecular weight excluding hydrogens is 190 g/mol. The summed E-state index contributed by atoms with van der Waals surface area (Å²) in [6.45, 7) is 7.08. The predicted octanol–water partition coefficient (Wildman–Crippen LogP) is 2.48. The second-order valence-corrected chi connectivity index (χ2v) is 6.22. The van der Waals surface area contributed by atoms with Gasteiger partial charge in [-0.1, -0.05) is 6.92 Å². The Morgan fingerprint density at radius 1 is 1.57 bits per heavy atom. The second-order valence-electron chi connectivity index (χ2n) is 4.88. The van der Waals surface area contributed by atoms with Crippen molar-refractivity contribution in [2.45, 2.75) is 32.1 Å². The Balaban J connectivity index is 2.12. The van der Waals surface area contributed by atoms with Gasteiger partial charge in [0.25, 0.3) is 0 Å². The number of aryl methyl sites for hydroxylation is 1. The Morgan fingerprint density at radius 2 is 2.43 bits per heavy atom. The molecule has 1 aromatic rings. The van der Waals surface area contributed by atoms with Crippen LogP contribution in [0.3, 0.4) is 0 Å². The van der Waals surface area contributed by atoms with Crippen LogP contribution in [0.4, 0.5) is 0 Å². The maximum absolute atomic E-state index is 3.54. The lowest BCUT2D eigenvalue weighted by atomic mass is 9.75. The molecule has 1 fully saturated rings. The van der Waals surface area contributed by atoms with Gasteiger partial charge in [0.15, 0.2) is 0 Å². The maximum atomic E-state index is 3.54. The largest absolute Gasteiger partial charge is 0.316 e. The highest BCUT2D eigenvalue weighted by molar-refractivity contribution is 7.12. The Morgan fingerprint density at radius 3 is 3.14 bits per heavy atom. The van der Waals surface area contributed by atoms with E-state index in [9.17, 15) is 0 Å². The SMILES string of the molecule is Cc1cc2c(s1)CC(C)C21CCNC1. The smallest absolute Gasteiger partial charge is 0.0130 e. The van der Waals surface area contributed by atoms with Crippen LogP contribution >= 0.6 is 11.3 Å². The van der Waals surface area contributed by atoms with Crippen molar-refractivity contribution in [1.82, 2.24) is 5.32 Å². The van der Waals surface area contributed by atoms with Crippen molar-refractivity contribution in [2.24, 2.45) is 5.92 Å². The molecule has 1 spiro atoms. The van der Waals surface area contributed by atoms with Crippen LogP contribution in [0.5, 0.6) is 0 Å². The molecule has 1 aliphatic heterocycles. The molecule has 2 heteroatoms. The molecule has 2 heterocycles. The summed E-state index contributed by atoms with van der Waals surface area (Å²) in [5, 5.41) is 3.54. The van der Waals surface area contributed by atoms with Crippen LogP contribution in [-0.2, 0) is 11.8 Å². The molecule has 1 N–H and O–H groups in total. The molecular formula is C12H17NS. The third kappa shape index (κ3) is 0.986. The highest BCUT2D eigenvalue weighted by Crippen LogP contribution is 2.49. The third-order valence-corrected chi connectivity index (χ3v) is 5.16. The summed E-state index contributed by atoms with van der Waals surface area (Å²) in [5.41, 5.74) is 2.18. The van der Waals surface area contributed by atoms with E-state index in [4.69, 9.17) is 0 Å². The lowest BCUT2D eigenvalue weighted by molar-refractivity contribution is 0.344. The van der Waals surface area contributed by atoms with Gasteiger partial charge in [-0.3, -0.25) is 0 Å². The van der Waals surface area contributed by atoms with Crippen molar-refractivity contribution in [3.8, 4) is 0 Å². The lowest BCUT2D eigenvalue weighted by Crippen LogP contribution is -2.32. The quantitative estimate of drug-likeness (QED) is 0.689. The van der Waals surface area contributed by atoms with E-state index in [0.717, 1.165) is 5.92 Å². The van der Waals surface area contributed by atoms with Crippen molar-refractivity contribution >= 4 is 11.3 Å². The van der Waals surface area contributed by atoms with Gasteiger partial charge in [0.2, 0.25) is 0 Å². The molecule has 0 radical (unpaired) electrons. The van der Waals surface area contributed by atoms with Crippen molar-refractivity contribution < 1.29 is 0 Å². The number of hydrogen-bond donors (Lipinski definition) is 1. The minimum absolute atomic E-state index is 0.500. The maximum Gasteiger partial charge on any atom is 0.0130 e. The lowest BCUT2D eigenvalue weighted by Gasteiger charge is -2.28. The van der Waals surface area contributed by atoms with Gasteiger partial charge < -0.3 is 5.32 Å². The molecule has 0 aromatic carbocycles. The number of rotatable bonds is 0. The summed E-state index contributed by atoms with van der Waals surface area (Å²) in [6, 6.07) is 2.44. The molecule has 1 aromatic heterocycles. The Hall–Kier alpha value is -0.340. The highest BCUT2D eigenvalue weighted by Gasteiger charge is 2.47. The van der Waals surface area contributed by atoms with E-state index in [1.54, 1.807) is 10.4 Å². The van der Waals surface area contributed by atoms with E-state index in [1.807, 2.05) is 11.3 Å². The predicted molar refractivity (Wildman–Crippen MR) is 61.1 cm³/mol. The van der Waals surface area contributed by atoms with Gasteiger partial charge in [0.05, 0.1) is 0 Å². The van der Waals surface area contributed by atoms with Crippen molar-refractivity contribution in [3.63, 3.8) is 0 Å². The van der Waals surface area contributed by atoms with Gasteiger partial charge in [-0.05, 0) is 43.9 Å². The van der Waals surface area contributed by atoms with Crippen LogP contribution in [0.15, 0.2) is 6.07 Å². The number of nitrogens with one attached hydrogen (secondary N) is 1.